The second kappa shape index (κ2) is 4.54. The summed E-state index contributed by atoms with van der Waals surface area (Å²) in [5.41, 5.74) is 1.90. The highest BCUT2D eigenvalue weighted by Crippen LogP contribution is 2.37. The van der Waals surface area contributed by atoms with Gasteiger partial charge in [0.2, 0.25) is 0 Å². The van der Waals surface area contributed by atoms with Crippen LogP contribution in [0.15, 0.2) is 79.3 Å². The molecule has 116 valence electrons. The van der Waals surface area contributed by atoms with Gasteiger partial charge >= 0.3 is 0 Å². The molecule has 0 atom stereocenters. The predicted molar refractivity (Wildman–Crippen MR) is 103 cm³/mol. The van der Waals surface area contributed by atoms with Gasteiger partial charge in [-0.25, -0.2) is 9.97 Å². The van der Waals surface area contributed by atoms with Crippen molar-refractivity contribution in [1.82, 2.24) is 14.4 Å². The normalized spacial score (nSPS) is 12.0. The third-order valence-electron chi connectivity index (χ3n) is 5.08. The number of imidazole rings is 1. The van der Waals surface area contributed by atoms with E-state index in [1.54, 1.807) is 0 Å². The van der Waals surface area contributed by atoms with E-state index in [4.69, 9.17) is 0 Å². The lowest BCUT2D eigenvalue weighted by Gasteiger charge is -2.12. The maximum absolute atomic E-state index is 4.64. The molecule has 0 unspecified atom stereocenters. The third-order valence-corrected chi connectivity index (χ3v) is 5.08. The Kier molecular flexibility index (Phi) is 2.35. The van der Waals surface area contributed by atoms with Gasteiger partial charge in [0.25, 0.3) is 0 Å². The Bertz CT molecular complexity index is 1440. The number of fused-ring (bicyclic) bond motifs is 10. The van der Waals surface area contributed by atoms with Gasteiger partial charge in [-0.3, -0.25) is 4.40 Å². The average Bonchev–Trinajstić information content (AvgIpc) is 3.17. The van der Waals surface area contributed by atoms with Crippen LogP contribution in [0, 0.1) is 0 Å². The zero-order valence-electron chi connectivity index (χ0n) is 13.3. The fourth-order valence-corrected chi connectivity index (χ4v) is 4.02. The molecule has 0 aliphatic rings. The first-order valence-electron chi connectivity index (χ1n) is 8.36. The van der Waals surface area contributed by atoms with Crippen molar-refractivity contribution in [3.63, 3.8) is 0 Å². The van der Waals surface area contributed by atoms with Crippen molar-refractivity contribution in [2.75, 3.05) is 0 Å². The second-order valence-electron chi connectivity index (χ2n) is 6.37. The highest BCUT2D eigenvalue weighted by molar-refractivity contribution is 6.28. The minimum atomic E-state index is 0.947. The maximum atomic E-state index is 4.64. The Hall–Kier alpha value is -3.46. The molecule has 0 radical (unpaired) electrons. The van der Waals surface area contributed by atoms with Gasteiger partial charge in [-0.1, -0.05) is 42.5 Å². The standard InChI is InChI=1S/C22H13N3/c1-2-5-16-14(4-1)7-8-15-9-10-18-20(19(15)16)17-6-3-11-23-21(17)25-13-12-24-22(18)25/h1-13H. The van der Waals surface area contributed by atoms with Gasteiger partial charge in [0.1, 0.15) is 11.3 Å². The van der Waals surface area contributed by atoms with Crippen molar-refractivity contribution in [3.05, 3.63) is 79.3 Å². The van der Waals surface area contributed by atoms with Crippen molar-refractivity contribution in [2.24, 2.45) is 0 Å². The van der Waals surface area contributed by atoms with Crippen LogP contribution in [-0.2, 0) is 0 Å². The molecular weight excluding hydrogens is 306 g/mol. The molecule has 3 heteroatoms. The Morgan fingerprint density at radius 1 is 0.560 bits per heavy atom. The summed E-state index contributed by atoms with van der Waals surface area (Å²) < 4.78 is 2.08. The first-order valence-corrected chi connectivity index (χ1v) is 8.36. The Labute approximate surface area is 143 Å². The van der Waals surface area contributed by atoms with E-state index in [0.29, 0.717) is 0 Å². The molecule has 0 bridgehead atoms. The number of nitrogens with zero attached hydrogens (tertiary/aromatic N) is 3. The van der Waals surface area contributed by atoms with Gasteiger partial charge in [0.15, 0.2) is 0 Å². The van der Waals surface area contributed by atoms with Gasteiger partial charge in [0, 0.05) is 34.7 Å². The number of rotatable bonds is 0. The van der Waals surface area contributed by atoms with E-state index in [9.17, 15) is 0 Å². The van der Waals surface area contributed by atoms with Gasteiger partial charge in [-0.15, -0.1) is 0 Å². The molecule has 3 aromatic carbocycles. The Balaban J connectivity index is 2.07. The molecule has 0 saturated heterocycles. The largest absolute Gasteiger partial charge is 0.283 e. The van der Waals surface area contributed by atoms with Gasteiger partial charge < -0.3 is 0 Å². The van der Waals surface area contributed by atoms with E-state index < -0.39 is 0 Å². The van der Waals surface area contributed by atoms with Crippen LogP contribution < -0.4 is 0 Å². The molecular formula is C22H13N3. The lowest BCUT2D eigenvalue weighted by atomic mass is 9.95. The van der Waals surface area contributed by atoms with Gasteiger partial charge in [-0.2, -0.15) is 0 Å². The molecule has 3 aromatic heterocycles. The molecule has 6 aromatic rings. The second-order valence-corrected chi connectivity index (χ2v) is 6.37. The predicted octanol–water partition coefficient (Wildman–Crippen LogP) is 5.34. The zero-order chi connectivity index (χ0) is 16.4. The van der Waals surface area contributed by atoms with Crippen LogP contribution in [0.1, 0.15) is 0 Å². The summed E-state index contributed by atoms with van der Waals surface area (Å²) in [7, 11) is 0. The molecule has 3 heterocycles. The van der Waals surface area contributed by atoms with E-state index in [1.165, 1.54) is 26.9 Å². The Morgan fingerprint density at radius 2 is 1.28 bits per heavy atom. The summed E-state index contributed by atoms with van der Waals surface area (Å²) >= 11 is 0. The Morgan fingerprint density at radius 3 is 2.24 bits per heavy atom. The van der Waals surface area contributed by atoms with Crippen LogP contribution in [0.3, 0.4) is 0 Å². The van der Waals surface area contributed by atoms with E-state index in [0.717, 1.165) is 22.1 Å². The fraction of sp³-hybridized carbons (Fsp3) is 0. The van der Waals surface area contributed by atoms with E-state index in [1.807, 2.05) is 24.7 Å². The van der Waals surface area contributed by atoms with E-state index in [2.05, 4.69) is 69.0 Å². The summed E-state index contributed by atoms with van der Waals surface area (Å²) in [6, 6.07) is 21.5. The number of pyridine rings is 2. The molecule has 0 saturated carbocycles. The lowest BCUT2D eigenvalue weighted by molar-refractivity contribution is 1.20. The molecule has 3 nitrogen and oxygen atoms in total. The molecule has 0 aliphatic heterocycles. The van der Waals surface area contributed by atoms with Crippen molar-refractivity contribution < 1.29 is 0 Å². The summed E-state index contributed by atoms with van der Waals surface area (Å²) in [5, 5.41) is 8.59. The quantitative estimate of drug-likeness (QED) is 0.354. The molecule has 0 N–H and O–H groups in total. The molecule has 0 spiro atoms. The van der Waals surface area contributed by atoms with Crippen LogP contribution in [0.5, 0.6) is 0 Å². The highest BCUT2D eigenvalue weighted by atomic mass is 15.0. The smallest absolute Gasteiger partial charge is 0.146 e. The van der Waals surface area contributed by atoms with Crippen molar-refractivity contribution >= 4 is 49.0 Å². The van der Waals surface area contributed by atoms with E-state index >= 15 is 0 Å². The monoisotopic (exact) mass is 319 g/mol. The summed E-state index contributed by atoms with van der Waals surface area (Å²) in [6.45, 7) is 0. The molecule has 6 rings (SSSR count). The SMILES string of the molecule is c1ccc2c(c1)ccc1ccc3c(c4cccnc4n4ccnc34)c12. The number of aromatic nitrogens is 3. The number of benzene rings is 3. The minimum Gasteiger partial charge on any atom is -0.283 e. The van der Waals surface area contributed by atoms with Gasteiger partial charge in [-0.05, 0) is 39.7 Å². The van der Waals surface area contributed by atoms with Gasteiger partial charge in [0.05, 0.1) is 0 Å². The maximum Gasteiger partial charge on any atom is 0.146 e. The topological polar surface area (TPSA) is 30.2 Å². The van der Waals surface area contributed by atoms with Crippen LogP contribution in [0.2, 0.25) is 0 Å². The highest BCUT2D eigenvalue weighted by Gasteiger charge is 2.14. The van der Waals surface area contributed by atoms with Crippen LogP contribution in [-0.4, -0.2) is 14.4 Å². The minimum absolute atomic E-state index is 0.947. The molecule has 0 amide bonds. The number of hydrogen-bond acceptors (Lipinski definition) is 2. The van der Waals surface area contributed by atoms with Crippen molar-refractivity contribution in [1.29, 1.82) is 0 Å². The lowest BCUT2D eigenvalue weighted by Crippen LogP contribution is -1.93. The summed E-state index contributed by atoms with van der Waals surface area (Å²) in [6.07, 6.45) is 5.67. The third kappa shape index (κ3) is 1.59. The first-order chi connectivity index (χ1) is 12.4. The summed E-state index contributed by atoms with van der Waals surface area (Å²) in [4.78, 5) is 9.25. The van der Waals surface area contributed by atoms with Crippen LogP contribution in [0.25, 0.3) is 49.0 Å². The van der Waals surface area contributed by atoms with E-state index in [-0.39, 0.29) is 0 Å². The fourth-order valence-electron chi connectivity index (χ4n) is 4.02. The molecule has 25 heavy (non-hydrogen) atoms. The summed E-state index contributed by atoms with van der Waals surface area (Å²) in [5.74, 6) is 0. The van der Waals surface area contributed by atoms with Crippen molar-refractivity contribution in [3.8, 4) is 0 Å². The first kappa shape index (κ1) is 12.9. The molecule has 0 aliphatic carbocycles. The number of hydrogen-bond donors (Lipinski definition) is 0. The van der Waals surface area contributed by atoms with Crippen LogP contribution >= 0.6 is 0 Å². The molecule has 0 fully saturated rings. The van der Waals surface area contributed by atoms with Crippen molar-refractivity contribution in [2.45, 2.75) is 0 Å². The average molecular weight is 319 g/mol. The van der Waals surface area contributed by atoms with Crippen LogP contribution in [0.4, 0.5) is 0 Å². The zero-order valence-corrected chi connectivity index (χ0v) is 13.3.